The van der Waals surface area contributed by atoms with Crippen LogP contribution in [0, 0.1) is 5.92 Å². The fraction of sp³-hybridized carbons (Fsp3) is 0.333. The fourth-order valence-corrected chi connectivity index (χ4v) is 5.00. The van der Waals surface area contributed by atoms with Gasteiger partial charge >= 0.3 is 0 Å². The summed E-state index contributed by atoms with van der Waals surface area (Å²) in [4.78, 5) is 28.5. The lowest BCUT2D eigenvalue weighted by Gasteiger charge is -2.26. The minimum Gasteiger partial charge on any atom is -0.507 e. The highest BCUT2D eigenvalue weighted by molar-refractivity contribution is 6.46. The van der Waals surface area contributed by atoms with Gasteiger partial charge in [0.15, 0.2) is 23.0 Å². The first kappa shape index (κ1) is 28.1. The quantitative estimate of drug-likeness (QED) is 0.188. The zero-order valence-corrected chi connectivity index (χ0v) is 23.6. The van der Waals surface area contributed by atoms with Crippen molar-refractivity contribution >= 4 is 17.4 Å². The largest absolute Gasteiger partial charge is 0.507 e. The third-order valence-electron chi connectivity index (χ3n) is 7.09. The van der Waals surface area contributed by atoms with Gasteiger partial charge in [0.1, 0.15) is 19.0 Å². The number of benzene rings is 3. The summed E-state index contributed by atoms with van der Waals surface area (Å²) in [6.07, 6.45) is 0.889. The number of hydrogen-bond donors (Lipinski definition) is 1. The lowest BCUT2D eigenvalue weighted by Crippen LogP contribution is -2.29. The Morgan fingerprint density at radius 2 is 1.71 bits per heavy atom. The maximum absolute atomic E-state index is 13.6. The van der Waals surface area contributed by atoms with Crippen LogP contribution in [-0.4, -0.2) is 48.1 Å². The number of carbonyl (C=O) groups excluding carboxylic acids is 2. The molecule has 0 spiro atoms. The van der Waals surface area contributed by atoms with Crippen LogP contribution in [0.4, 0.5) is 0 Å². The Morgan fingerprint density at radius 1 is 0.951 bits per heavy atom. The van der Waals surface area contributed by atoms with Crippen molar-refractivity contribution in [2.45, 2.75) is 39.8 Å². The number of aliphatic hydroxyl groups excluding tert-OH is 1. The highest BCUT2D eigenvalue weighted by Gasteiger charge is 2.46. The molecule has 1 amide bonds. The van der Waals surface area contributed by atoms with E-state index in [1.807, 2.05) is 43.3 Å². The summed E-state index contributed by atoms with van der Waals surface area (Å²) in [5.41, 5.74) is 1.84. The number of likely N-dealkylation sites (tertiary alicyclic amines) is 1. The third kappa shape index (κ3) is 6.01. The molecule has 2 aliphatic heterocycles. The van der Waals surface area contributed by atoms with Crippen LogP contribution < -0.4 is 18.9 Å². The van der Waals surface area contributed by atoms with Gasteiger partial charge in [-0.15, -0.1) is 0 Å². The third-order valence-corrected chi connectivity index (χ3v) is 7.09. The molecule has 0 saturated carbocycles. The molecule has 0 aromatic heterocycles. The van der Waals surface area contributed by atoms with E-state index in [2.05, 4.69) is 13.8 Å². The van der Waals surface area contributed by atoms with Crippen molar-refractivity contribution in [2.24, 2.45) is 5.92 Å². The SMILES string of the molecule is CCOc1cc(C2/C(=C(/O)c3ccc4c(c3)OCCO4)C(=O)C(=O)N2Cc2ccccc2)ccc1OCCC(C)C. The van der Waals surface area contributed by atoms with Crippen molar-refractivity contribution in [3.8, 4) is 23.0 Å². The number of nitrogens with zero attached hydrogens (tertiary/aromatic N) is 1. The number of rotatable bonds is 10. The van der Waals surface area contributed by atoms with Crippen LogP contribution in [0.1, 0.15) is 49.9 Å². The smallest absolute Gasteiger partial charge is 0.295 e. The van der Waals surface area contributed by atoms with Gasteiger partial charge in [0.2, 0.25) is 0 Å². The Morgan fingerprint density at radius 3 is 2.44 bits per heavy atom. The number of ether oxygens (including phenoxy) is 4. The molecule has 0 aliphatic carbocycles. The van der Waals surface area contributed by atoms with E-state index in [1.54, 1.807) is 30.3 Å². The molecule has 1 atom stereocenters. The molecule has 8 nitrogen and oxygen atoms in total. The Balaban J connectivity index is 1.60. The zero-order chi connectivity index (χ0) is 28.9. The van der Waals surface area contributed by atoms with Crippen LogP contribution in [0.15, 0.2) is 72.3 Å². The molecule has 3 aromatic carbocycles. The summed E-state index contributed by atoms with van der Waals surface area (Å²) < 4.78 is 23.2. The van der Waals surface area contributed by atoms with Crippen molar-refractivity contribution in [1.29, 1.82) is 0 Å². The second-order valence-electron chi connectivity index (χ2n) is 10.4. The summed E-state index contributed by atoms with van der Waals surface area (Å²) in [6, 6.07) is 19.0. The van der Waals surface area contributed by atoms with E-state index in [0.717, 1.165) is 12.0 Å². The molecule has 1 unspecified atom stereocenters. The van der Waals surface area contributed by atoms with Gasteiger partial charge in [0.05, 0.1) is 24.8 Å². The molecule has 1 fully saturated rings. The standard InChI is InChI=1S/C33H35NO7/c1-4-38-27-18-23(10-12-25(27)39-15-14-21(2)3)30-29(31(35)24-11-13-26-28(19-24)41-17-16-40-26)32(36)33(37)34(30)20-22-8-6-5-7-9-22/h5-13,18-19,21,30,35H,4,14-17,20H2,1-3H3/b31-29-. The van der Waals surface area contributed by atoms with E-state index in [4.69, 9.17) is 18.9 Å². The van der Waals surface area contributed by atoms with Crippen LogP contribution in [0.5, 0.6) is 23.0 Å². The molecule has 0 radical (unpaired) electrons. The van der Waals surface area contributed by atoms with E-state index in [0.29, 0.717) is 66.5 Å². The Hall–Kier alpha value is -4.46. The first-order valence-electron chi connectivity index (χ1n) is 14.0. The van der Waals surface area contributed by atoms with Gasteiger partial charge in [-0.3, -0.25) is 9.59 Å². The maximum atomic E-state index is 13.6. The average molecular weight is 558 g/mol. The molecular weight excluding hydrogens is 522 g/mol. The summed E-state index contributed by atoms with van der Waals surface area (Å²) in [6.45, 7) is 8.09. The maximum Gasteiger partial charge on any atom is 0.295 e. The van der Waals surface area contributed by atoms with Gasteiger partial charge in [-0.05, 0) is 60.7 Å². The molecular formula is C33H35NO7. The predicted octanol–water partition coefficient (Wildman–Crippen LogP) is 5.90. The Bertz CT molecular complexity index is 1450. The fourth-order valence-electron chi connectivity index (χ4n) is 5.00. The number of fused-ring (bicyclic) bond motifs is 1. The van der Waals surface area contributed by atoms with Crippen LogP contribution in [-0.2, 0) is 16.1 Å². The van der Waals surface area contributed by atoms with Crippen LogP contribution >= 0.6 is 0 Å². The van der Waals surface area contributed by atoms with Crippen molar-refractivity contribution in [1.82, 2.24) is 4.90 Å². The molecule has 1 N–H and O–H groups in total. The summed E-state index contributed by atoms with van der Waals surface area (Å²) in [5, 5.41) is 11.5. The summed E-state index contributed by atoms with van der Waals surface area (Å²) >= 11 is 0. The number of hydrogen-bond acceptors (Lipinski definition) is 7. The normalized spacial score (nSPS) is 17.7. The highest BCUT2D eigenvalue weighted by Crippen LogP contribution is 2.43. The van der Waals surface area contributed by atoms with Crippen molar-refractivity contribution in [3.63, 3.8) is 0 Å². The van der Waals surface area contributed by atoms with E-state index in [1.165, 1.54) is 4.90 Å². The van der Waals surface area contributed by atoms with Gasteiger partial charge < -0.3 is 29.0 Å². The van der Waals surface area contributed by atoms with Gasteiger partial charge in [-0.25, -0.2) is 0 Å². The molecule has 0 bridgehead atoms. The van der Waals surface area contributed by atoms with Crippen molar-refractivity contribution in [2.75, 3.05) is 26.4 Å². The zero-order valence-electron chi connectivity index (χ0n) is 23.6. The molecule has 41 heavy (non-hydrogen) atoms. The van der Waals surface area contributed by atoms with E-state index >= 15 is 0 Å². The van der Waals surface area contributed by atoms with Crippen LogP contribution in [0.3, 0.4) is 0 Å². The molecule has 2 aliphatic rings. The predicted molar refractivity (Wildman–Crippen MR) is 154 cm³/mol. The molecule has 2 heterocycles. The topological polar surface area (TPSA) is 94.5 Å². The Labute approximate surface area is 240 Å². The van der Waals surface area contributed by atoms with Crippen LogP contribution in [0.2, 0.25) is 0 Å². The highest BCUT2D eigenvalue weighted by atomic mass is 16.6. The first-order valence-corrected chi connectivity index (χ1v) is 14.0. The molecule has 1 saturated heterocycles. The Kier molecular flexibility index (Phi) is 8.47. The molecule has 3 aromatic rings. The summed E-state index contributed by atoms with van der Waals surface area (Å²) in [5.74, 6) is 0.891. The number of carbonyl (C=O) groups is 2. The molecule has 214 valence electrons. The van der Waals surface area contributed by atoms with Gasteiger partial charge in [-0.2, -0.15) is 0 Å². The van der Waals surface area contributed by atoms with E-state index in [9.17, 15) is 14.7 Å². The van der Waals surface area contributed by atoms with E-state index in [-0.39, 0.29) is 17.9 Å². The van der Waals surface area contributed by atoms with Gasteiger partial charge in [0.25, 0.3) is 11.7 Å². The summed E-state index contributed by atoms with van der Waals surface area (Å²) in [7, 11) is 0. The number of ketones is 1. The second-order valence-corrected chi connectivity index (χ2v) is 10.4. The first-order chi connectivity index (χ1) is 19.9. The minimum atomic E-state index is -0.854. The van der Waals surface area contributed by atoms with Gasteiger partial charge in [0, 0.05) is 12.1 Å². The van der Waals surface area contributed by atoms with Gasteiger partial charge in [-0.1, -0.05) is 50.2 Å². The number of Topliss-reactive ketones (excluding diaryl/α,β-unsaturated/α-hetero) is 1. The number of amides is 1. The molecule has 5 rings (SSSR count). The minimum absolute atomic E-state index is 0.00136. The lowest BCUT2D eigenvalue weighted by atomic mass is 9.94. The lowest BCUT2D eigenvalue weighted by molar-refractivity contribution is -0.140. The van der Waals surface area contributed by atoms with Crippen molar-refractivity contribution in [3.05, 3.63) is 89.0 Å². The second kappa shape index (κ2) is 12.4. The molecule has 8 heteroatoms. The average Bonchev–Trinajstić information content (AvgIpc) is 3.22. The van der Waals surface area contributed by atoms with Crippen LogP contribution in [0.25, 0.3) is 5.76 Å². The van der Waals surface area contributed by atoms with Crippen molar-refractivity contribution < 1.29 is 33.6 Å². The monoisotopic (exact) mass is 557 g/mol. The van der Waals surface area contributed by atoms with E-state index < -0.39 is 17.7 Å². The number of aliphatic hydroxyl groups is 1.